The van der Waals surface area contributed by atoms with E-state index in [1.807, 2.05) is 12.3 Å². The van der Waals surface area contributed by atoms with Gasteiger partial charge in [-0.05, 0) is 13.0 Å². The van der Waals surface area contributed by atoms with Gasteiger partial charge in [0.2, 0.25) is 0 Å². The van der Waals surface area contributed by atoms with Crippen molar-refractivity contribution in [3.63, 3.8) is 0 Å². The third-order valence-electron chi connectivity index (χ3n) is 2.59. The maximum atomic E-state index is 11.9. The predicted molar refractivity (Wildman–Crippen MR) is 81.2 cm³/mol. The lowest BCUT2D eigenvalue weighted by atomic mass is 10.4. The van der Waals surface area contributed by atoms with Crippen LogP contribution in [0.4, 0.5) is 0 Å². The lowest BCUT2D eigenvalue weighted by Crippen LogP contribution is -2.23. The molecule has 0 aliphatic heterocycles. The largest absolute Gasteiger partial charge is 0.345 e. The Hall–Kier alpha value is -2.19. The lowest BCUT2D eigenvalue weighted by molar-refractivity contribution is 0.0946. The Bertz CT molecular complexity index is 753. The van der Waals surface area contributed by atoms with Crippen LogP contribution >= 0.6 is 22.7 Å². The molecule has 0 bridgehead atoms. The number of carbonyl (C=O) groups is 1. The number of rotatable bonds is 4. The van der Waals surface area contributed by atoms with E-state index in [0.717, 1.165) is 15.7 Å². The van der Waals surface area contributed by atoms with Crippen LogP contribution in [0.3, 0.4) is 0 Å². The SMILES string of the molecule is Cc1nc(C(=O)NCc2csc(-c3ncccn3)n2)cs1. The number of nitrogens with one attached hydrogen (secondary N) is 1. The molecule has 6 nitrogen and oxygen atoms in total. The maximum Gasteiger partial charge on any atom is 0.271 e. The van der Waals surface area contributed by atoms with Crippen LogP contribution in [-0.4, -0.2) is 25.8 Å². The Balaban J connectivity index is 1.64. The third kappa shape index (κ3) is 3.29. The molecule has 0 saturated carbocycles. The van der Waals surface area contributed by atoms with E-state index in [1.165, 1.54) is 22.7 Å². The topological polar surface area (TPSA) is 80.7 Å². The highest BCUT2D eigenvalue weighted by Gasteiger charge is 2.11. The van der Waals surface area contributed by atoms with Crippen molar-refractivity contribution in [2.75, 3.05) is 0 Å². The second kappa shape index (κ2) is 6.06. The first kappa shape index (κ1) is 13.8. The van der Waals surface area contributed by atoms with Crippen LogP contribution in [-0.2, 0) is 6.54 Å². The molecule has 21 heavy (non-hydrogen) atoms. The first-order valence-electron chi connectivity index (χ1n) is 6.14. The van der Waals surface area contributed by atoms with Gasteiger partial charge in [-0.15, -0.1) is 22.7 Å². The summed E-state index contributed by atoms with van der Waals surface area (Å²) in [6.07, 6.45) is 3.35. The summed E-state index contributed by atoms with van der Waals surface area (Å²) in [7, 11) is 0. The van der Waals surface area contributed by atoms with Gasteiger partial charge in [-0.2, -0.15) is 0 Å². The Morgan fingerprint density at radius 2 is 2.00 bits per heavy atom. The molecule has 1 N–H and O–H groups in total. The molecule has 0 spiro atoms. The summed E-state index contributed by atoms with van der Waals surface area (Å²) >= 11 is 2.91. The molecule has 0 unspecified atom stereocenters. The highest BCUT2D eigenvalue weighted by Crippen LogP contribution is 2.19. The maximum absolute atomic E-state index is 11.9. The standard InChI is InChI=1S/C13H11N5OS2/c1-8-17-10(7-20-8)12(19)16-5-9-6-21-13(18-9)11-14-3-2-4-15-11/h2-4,6-7H,5H2,1H3,(H,16,19). The van der Waals surface area contributed by atoms with Crippen LogP contribution in [0.1, 0.15) is 21.2 Å². The van der Waals surface area contributed by atoms with Crippen molar-refractivity contribution in [2.24, 2.45) is 0 Å². The van der Waals surface area contributed by atoms with Gasteiger partial charge in [0, 0.05) is 23.2 Å². The molecular formula is C13H11N5OS2. The number of thiazole rings is 2. The fourth-order valence-electron chi connectivity index (χ4n) is 1.63. The molecule has 0 aromatic carbocycles. The van der Waals surface area contributed by atoms with Crippen molar-refractivity contribution in [3.8, 4) is 10.8 Å². The van der Waals surface area contributed by atoms with Crippen LogP contribution in [0, 0.1) is 6.92 Å². The molecule has 106 valence electrons. The van der Waals surface area contributed by atoms with Gasteiger partial charge in [-0.1, -0.05) is 0 Å². The number of amides is 1. The fourth-order valence-corrected chi connectivity index (χ4v) is 2.99. The zero-order valence-electron chi connectivity index (χ0n) is 11.1. The van der Waals surface area contributed by atoms with Crippen LogP contribution in [0.2, 0.25) is 0 Å². The van der Waals surface area contributed by atoms with Gasteiger partial charge in [-0.3, -0.25) is 4.79 Å². The van der Waals surface area contributed by atoms with Gasteiger partial charge in [0.1, 0.15) is 5.69 Å². The van der Waals surface area contributed by atoms with E-state index in [0.29, 0.717) is 18.1 Å². The number of carbonyl (C=O) groups excluding carboxylic acids is 1. The van der Waals surface area contributed by atoms with E-state index >= 15 is 0 Å². The minimum atomic E-state index is -0.190. The molecule has 0 atom stereocenters. The highest BCUT2D eigenvalue weighted by atomic mass is 32.1. The second-order valence-corrected chi connectivity index (χ2v) is 6.07. The zero-order valence-corrected chi connectivity index (χ0v) is 12.7. The van der Waals surface area contributed by atoms with E-state index in [4.69, 9.17) is 0 Å². The molecule has 3 aromatic rings. The normalized spacial score (nSPS) is 10.5. The molecule has 3 aromatic heterocycles. The quantitative estimate of drug-likeness (QED) is 0.798. The highest BCUT2D eigenvalue weighted by molar-refractivity contribution is 7.13. The monoisotopic (exact) mass is 317 g/mol. The molecule has 3 rings (SSSR count). The summed E-state index contributed by atoms with van der Waals surface area (Å²) in [5.74, 6) is 0.403. The van der Waals surface area contributed by atoms with Crippen molar-refractivity contribution >= 4 is 28.6 Å². The molecule has 0 radical (unpaired) electrons. The molecule has 3 heterocycles. The van der Waals surface area contributed by atoms with Crippen molar-refractivity contribution in [1.29, 1.82) is 0 Å². The number of aromatic nitrogens is 4. The first-order valence-corrected chi connectivity index (χ1v) is 7.90. The smallest absolute Gasteiger partial charge is 0.271 e. The minimum Gasteiger partial charge on any atom is -0.345 e. The van der Waals surface area contributed by atoms with E-state index < -0.39 is 0 Å². The van der Waals surface area contributed by atoms with Crippen LogP contribution in [0.25, 0.3) is 10.8 Å². The average Bonchev–Trinajstić information content (AvgIpc) is 3.15. The predicted octanol–water partition coefficient (Wildman–Crippen LogP) is 2.30. The summed E-state index contributed by atoms with van der Waals surface area (Å²) in [5.41, 5.74) is 1.22. The van der Waals surface area contributed by atoms with Gasteiger partial charge >= 0.3 is 0 Å². The van der Waals surface area contributed by atoms with Crippen molar-refractivity contribution in [3.05, 3.63) is 45.6 Å². The van der Waals surface area contributed by atoms with Gasteiger partial charge < -0.3 is 5.32 Å². The Labute approximate surface area is 129 Å². The van der Waals surface area contributed by atoms with Gasteiger partial charge in [0.05, 0.1) is 17.2 Å². The third-order valence-corrected chi connectivity index (χ3v) is 4.25. The molecule has 0 aliphatic carbocycles. The Morgan fingerprint density at radius 1 is 1.19 bits per heavy atom. The Kier molecular flexibility index (Phi) is 3.98. The summed E-state index contributed by atoms with van der Waals surface area (Å²) in [6.45, 7) is 2.23. The molecule has 0 aliphatic rings. The zero-order chi connectivity index (χ0) is 14.7. The second-order valence-electron chi connectivity index (χ2n) is 4.15. The van der Waals surface area contributed by atoms with Gasteiger partial charge in [0.15, 0.2) is 10.8 Å². The van der Waals surface area contributed by atoms with Crippen LogP contribution in [0.15, 0.2) is 29.2 Å². The van der Waals surface area contributed by atoms with Crippen molar-refractivity contribution < 1.29 is 4.79 Å². The Morgan fingerprint density at radius 3 is 2.71 bits per heavy atom. The average molecular weight is 317 g/mol. The molecule has 1 amide bonds. The number of nitrogens with zero attached hydrogens (tertiary/aromatic N) is 4. The molecule has 0 saturated heterocycles. The molecule has 0 fully saturated rings. The summed E-state index contributed by atoms with van der Waals surface area (Å²) in [4.78, 5) is 28.7. The number of hydrogen-bond donors (Lipinski definition) is 1. The van der Waals surface area contributed by atoms with E-state index in [1.54, 1.807) is 23.8 Å². The molecular weight excluding hydrogens is 306 g/mol. The lowest BCUT2D eigenvalue weighted by Gasteiger charge is -1.99. The van der Waals surface area contributed by atoms with E-state index in [-0.39, 0.29) is 5.91 Å². The first-order chi connectivity index (χ1) is 10.2. The van der Waals surface area contributed by atoms with Crippen LogP contribution in [0.5, 0.6) is 0 Å². The van der Waals surface area contributed by atoms with Crippen molar-refractivity contribution in [2.45, 2.75) is 13.5 Å². The van der Waals surface area contributed by atoms with Crippen LogP contribution < -0.4 is 5.32 Å². The minimum absolute atomic E-state index is 0.190. The van der Waals surface area contributed by atoms with Gasteiger partial charge in [0.25, 0.3) is 5.91 Å². The summed E-state index contributed by atoms with van der Waals surface area (Å²) in [5, 5.41) is 8.05. The number of aryl methyl sites for hydroxylation is 1. The van der Waals surface area contributed by atoms with E-state index in [9.17, 15) is 4.79 Å². The summed E-state index contributed by atoms with van der Waals surface area (Å²) < 4.78 is 0. The van der Waals surface area contributed by atoms with Crippen molar-refractivity contribution in [1.82, 2.24) is 25.3 Å². The summed E-state index contributed by atoms with van der Waals surface area (Å²) in [6, 6.07) is 1.76. The molecule has 8 heteroatoms. The number of hydrogen-bond acceptors (Lipinski definition) is 7. The van der Waals surface area contributed by atoms with E-state index in [2.05, 4.69) is 25.3 Å². The van der Waals surface area contributed by atoms with Gasteiger partial charge in [-0.25, -0.2) is 19.9 Å². The fraction of sp³-hybridized carbons (Fsp3) is 0.154.